The summed E-state index contributed by atoms with van der Waals surface area (Å²) in [7, 11) is 0. The van der Waals surface area contributed by atoms with Crippen LogP contribution in [-0.4, -0.2) is 35.2 Å². The minimum atomic E-state index is -4.68. The van der Waals surface area contributed by atoms with Crippen molar-refractivity contribution in [2.24, 2.45) is 0 Å². The molecule has 2 aromatic rings. The van der Waals surface area contributed by atoms with Gasteiger partial charge in [-0.15, -0.1) is 0 Å². The van der Waals surface area contributed by atoms with Gasteiger partial charge in [-0.2, -0.15) is 22.7 Å². The fourth-order valence-electron chi connectivity index (χ4n) is 2.27. The summed E-state index contributed by atoms with van der Waals surface area (Å²) in [6.45, 7) is 3.88. The van der Waals surface area contributed by atoms with Crippen LogP contribution in [0.3, 0.4) is 0 Å². The van der Waals surface area contributed by atoms with Gasteiger partial charge in [0.05, 0.1) is 11.3 Å². The maximum absolute atomic E-state index is 13.1. The predicted molar refractivity (Wildman–Crippen MR) is 82.1 cm³/mol. The zero-order valence-electron chi connectivity index (χ0n) is 13.6. The standard InChI is InChI=1S/C16H17F4N3O2/c1-9-11(10(2)23-22-9)7-8-21-14(24)12-5-3-4-6-13(12)25-16(19,20)15(17)18/h3-6,15H,7-8H2,1-2H3,(H,21,24)(H,22,23). The lowest BCUT2D eigenvalue weighted by Gasteiger charge is -2.18. The number of ether oxygens (including phenoxy) is 1. The molecule has 1 heterocycles. The first-order valence-corrected chi connectivity index (χ1v) is 7.45. The largest absolute Gasteiger partial charge is 0.461 e. The Bertz CT molecular complexity index is 727. The monoisotopic (exact) mass is 359 g/mol. The number of rotatable bonds is 7. The van der Waals surface area contributed by atoms with Crippen LogP contribution in [0.2, 0.25) is 0 Å². The van der Waals surface area contributed by atoms with E-state index in [1.807, 2.05) is 13.8 Å². The van der Waals surface area contributed by atoms with E-state index >= 15 is 0 Å². The highest BCUT2D eigenvalue weighted by Crippen LogP contribution is 2.29. The first-order valence-electron chi connectivity index (χ1n) is 7.45. The number of halogens is 4. The van der Waals surface area contributed by atoms with E-state index in [2.05, 4.69) is 20.3 Å². The van der Waals surface area contributed by atoms with Crippen molar-refractivity contribution in [1.29, 1.82) is 0 Å². The molecule has 1 aromatic heterocycles. The highest BCUT2D eigenvalue weighted by Gasteiger charge is 2.44. The number of para-hydroxylation sites is 1. The van der Waals surface area contributed by atoms with E-state index in [-0.39, 0.29) is 12.1 Å². The summed E-state index contributed by atoms with van der Waals surface area (Å²) < 4.78 is 54.8. The van der Waals surface area contributed by atoms with Crippen LogP contribution < -0.4 is 10.1 Å². The van der Waals surface area contributed by atoms with E-state index in [0.29, 0.717) is 6.42 Å². The van der Waals surface area contributed by atoms with Gasteiger partial charge in [0.25, 0.3) is 5.91 Å². The van der Waals surface area contributed by atoms with Gasteiger partial charge in [-0.25, -0.2) is 0 Å². The maximum Gasteiger partial charge on any atom is 0.461 e. The maximum atomic E-state index is 13.1. The second-order valence-corrected chi connectivity index (χ2v) is 5.38. The molecule has 0 atom stereocenters. The zero-order valence-corrected chi connectivity index (χ0v) is 13.6. The van der Waals surface area contributed by atoms with Crippen molar-refractivity contribution in [3.8, 4) is 5.75 Å². The van der Waals surface area contributed by atoms with Gasteiger partial charge < -0.3 is 10.1 Å². The molecule has 2 rings (SSSR count). The summed E-state index contributed by atoms with van der Waals surface area (Å²) in [5.41, 5.74) is 2.36. The van der Waals surface area contributed by atoms with Gasteiger partial charge in [0.1, 0.15) is 5.75 Å². The van der Waals surface area contributed by atoms with Crippen LogP contribution in [0.1, 0.15) is 27.3 Å². The second-order valence-electron chi connectivity index (χ2n) is 5.38. The molecule has 0 saturated carbocycles. The molecule has 0 aliphatic carbocycles. The van der Waals surface area contributed by atoms with Gasteiger partial charge in [-0.05, 0) is 38.0 Å². The Kier molecular flexibility index (Phi) is 5.66. The molecule has 0 radical (unpaired) electrons. The average molecular weight is 359 g/mol. The highest BCUT2D eigenvalue weighted by atomic mass is 19.3. The first-order chi connectivity index (χ1) is 11.7. The van der Waals surface area contributed by atoms with Crippen LogP contribution in [-0.2, 0) is 6.42 Å². The lowest BCUT2D eigenvalue weighted by Crippen LogP contribution is -2.34. The molecule has 0 spiro atoms. The van der Waals surface area contributed by atoms with Crippen LogP contribution in [0.15, 0.2) is 24.3 Å². The Hall–Kier alpha value is -2.58. The Morgan fingerprint density at radius 3 is 2.60 bits per heavy atom. The van der Waals surface area contributed by atoms with Crippen LogP contribution in [0.25, 0.3) is 0 Å². The molecular weight excluding hydrogens is 342 g/mol. The molecule has 136 valence electrons. The third-order valence-electron chi connectivity index (χ3n) is 3.57. The Morgan fingerprint density at radius 1 is 1.32 bits per heavy atom. The molecule has 1 aromatic carbocycles. The number of nitrogens with one attached hydrogen (secondary N) is 2. The molecule has 0 fully saturated rings. The van der Waals surface area contributed by atoms with Crippen molar-refractivity contribution in [2.75, 3.05) is 6.54 Å². The summed E-state index contributed by atoms with van der Waals surface area (Å²) in [4.78, 5) is 12.2. The van der Waals surface area contributed by atoms with Crippen molar-refractivity contribution in [3.63, 3.8) is 0 Å². The molecule has 2 N–H and O–H groups in total. The number of aromatic amines is 1. The SMILES string of the molecule is Cc1n[nH]c(C)c1CCNC(=O)c1ccccc1OC(F)(F)C(F)F. The Morgan fingerprint density at radius 2 is 2.00 bits per heavy atom. The summed E-state index contributed by atoms with van der Waals surface area (Å²) >= 11 is 0. The van der Waals surface area contributed by atoms with Crippen molar-refractivity contribution in [2.45, 2.75) is 32.8 Å². The van der Waals surface area contributed by atoms with Crippen LogP contribution in [0.4, 0.5) is 17.6 Å². The summed E-state index contributed by atoms with van der Waals surface area (Å²) in [6, 6.07) is 4.99. The van der Waals surface area contributed by atoms with E-state index in [9.17, 15) is 22.4 Å². The first kappa shape index (κ1) is 18.8. The van der Waals surface area contributed by atoms with Crippen molar-refractivity contribution >= 4 is 5.91 Å². The number of aryl methyl sites for hydroxylation is 2. The number of nitrogens with zero attached hydrogens (tertiary/aromatic N) is 1. The molecular formula is C16H17F4N3O2. The number of hydrogen-bond donors (Lipinski definition) is 2. The number of carbonyl (C=O) groups excluding carboxylic acids is 1. The van der Waals surface area contributed by atoms with Gasteiger partial charge in [-0.3, -0.25) is 9.89 Å². The van der Waals surface area contributed by atoms with Crippen LogP contribution in [0, 0.1) is 13.8 Å². The van der Waals surface area contributed by atoms with Gasteiger partial charge in [-0.1, -0.05) is 12.1 Å². The Balaban J connectivity index is 2.04. The molecule has 1 amide bonds. The van der Waals surface area contributed by atoms with Gasteiger partial charge in [0.15, 0.2) is 0 Å². The number of hydrogen-bond acceptors (Lipinski definition) is 3. The minimum Gasteiger partial charge on any atom is -0.427 e. The molecule has 0 bridgehead atoms. The van der Waals surface area contributed by atoms with Gasteiger partial charge >= 0.3 is 12.5 Å². The second kappa shape index (κ2) is 7.54. The fourth-order valence-corrected chi connectivity index (χ4v) is 2.27. The van der Waals surface area contributed by atoms with Gasteiger partial charge in [0, 0.05) is 12.2 Å². The normalized spacial score (nSPS) is 11.6. The lowest BCUT2D eigenvalue weighted by molar-refractivity contribution is -0.253. The van der Waals surface area contributed by atoms with Crippen molar-refractivity contribution in [3.05, 3.63) is 46.8 Å². The van der Waals surface area contributed by atoms with E-state index in [1.54, 1.807) is 0 Å². The number of benzene rings is 1. The molecule has 25 heavy (non-hydrogen) atoms. The van der Waals surface area contributed by atoms with Gasteiger partial charge in [0.2, 0.25) is 0 Å². The number of carbonyl (C=O) groups is 1. The molecule has 9 heteroatoms. The quantitative estimate of drug-likeness (QED) is 0.746. The summed E-state index contributed by atoms with van der Waals surface area (Å²) in [5, 5.41) is 9.40. The van der Waals surface area contributed by atoms with Crippen LogP contribution >= 0.6 is 0 Å². The molecule has 0 saturated heterocycles. The highest BCUT2D eigenvalue weighted by molar-refractivity contribution is 5.96. The van der Waals surface area contributed by atoms with Crippen LogP contribution in [0.5, 0.6) is 5.75 Å². The molecule has 0 aliphatic heterocycles. The fraction of sp³-hybridized carbons (Fsp3) is 0.375. The molecule has 0 aliphatic rings. The lowest BCUT2D eigenvalue weighted by atomic mass is 10.1. The van der Waals surface area contributed by atoms with Crippen molar-refractivity contribution in [1.82, 2.24) is 15.5 Å². The predicted octanol–water partition coefficient (Wildman–Crippen LogP) is 3.24. The smallest absolute Gasteiger partial charge is 0.427 e. The summed E-state index contributed by atoms with van der Waals surface area (Å²) in [5.74, 6) is -1.31. The van der Waals surface area contributed by atoms with E-state index in [4.69, 9.17) is 0 Å². The molecule has 0 unspecified atom stereocenters. The zero-order chi connectivity index (χ0) is 18.6. The van der Waals surface area contributed by atoms with E-state index in [0.717, 1.165) is 23.0 Å². The van der Waals surface area contributed by atoms with E-state index in [1.165, 1.54) is 18.2 Å². The summed E-state index contributed by atoms with van der Waals surface area (Å²) in [6.07, 6.45) is -8.20. The minimum absolute atomic E-state index is 0.222. The number of amides is 1. The average Bonchev–Trinajstić information content (AvgIpc) is 2.86. The van der Waals surface area contributed by atoms with Crippen molar-refractivity contribution < 1.29 is 27.1 Å². The number of H-pyrrole nitrogens is 1. The Labute approximate surface area is 141 Å². The number of alkyl halides is 4. The third-order valence-corrected chi connectivity index (χ3v) is 3.57. The number of aromatic nitrogens is 2. The van der Waals surface area contributed by atoms with E-state index < -0.39 is 24.2 Å². The third kappa shape index (κ3) is 4.49. The molecule has 5 nitrogen and oxygen atoms in total. The topological polar surface area (TPSA) is 67.0 Å².